The zero-order valence-corrected chi connectivity index (χ0v) is 11.7. The largest absolute Gasteiger partial charge is 0.487 e. The quantitative estimate of drug-likeness (QED) is 0.779. The minimum atomic E-state index is 0.571. The van der Waals surface area contributed by atoms with Gasteiger partial charge in [-0.05, 0) is 49.6 Å². The van der Waals surface area contributed by atoms with E-state index in [0.717, 1.165) is 20.3 Å². The lowest BCUT2D eigenvalue weighted by molar-refractivity contribution is 0.302. The van der Waals surface area contributed by atoms with Gasteiger partial charge in [-0.15, -0.1) is 0 Å². The Bertz CT molecular complexity index is 448. The third-order valence-electron chi connectivity index (χ3n) is 2.14. The van der Waals surface area contributed by atoms with Crippen molar-refractivity contribution in [3.63, 3.8) is 0 Å². The smallest absolute Gasteiger partial charge is 0.148 e. The van der Waals surface area contributed by atoms with E-state index >= 15 is 0 Å². The van der Waals surface area contributed by atoms with Crippen LogP contribution in [0, 0.1) is 0 Å². The highest BCUT2D eigenvalue weighted by Crippen LogP contribution is 2.33. The first-order chi connectivity index (χ1) is 7.77. The minimum absolute atomic E-state index is 0.571. The Morgan fingerprint density at radius 1 is 0.812 bits per heavy atom. The molecule has 2 rings (SSSR count). The van der Waals surface area contributed by atoms with Gasteiger partial charge in [0.2, 0.25) is 0 Å². The predicted molar refractivity (Wildman–Crippen MR) is 72.6 cm³/mol. The molecule has 16 heavy (non-hydrogen) atoms. The summed E-state index contributed by atoms with van der Waals surface area (Å²) in [6.45, 7) is 0.571. The van der Waals surface area contributed by atoms with Crippen LogP contribution >= 0.6 is 31.9 Å². The van der Waals surface area contributed by atoms with E-state index in [1.165, 1.54) is 0 Å². The lowest BCUT2D eigenvalue weighted by Gasteiger charge is -2.09. The van der Waals surface area contributed by atoms with Crippen LogP contribution in [-0.4, -0.2) is 0 Å². The maximum Gasteiger partial charge on any atom is 0.148 e. The molecule has 0 bridgehead atoms. The minimum Gasteiger partial charge on any atom is -0.487 e. The summed E-state index contributed by atoms with van der Waals surface area (Å²) in [5.41, 5.74) is 1.16. The molecule has 0 spiro atoms. The van der Waals surface area contributed by atoms with Gasteiger partial charge in [0.25, 0.3) is 0 Å². The van der Waals surface area contributed by atoms with Gasteiger partial charge in [0.05, 0.1) is 8.95 Å². The van der Waals surface area contributed by atoms with Gasteiger partial charge in [-0.25, -0.2) is 0 Å². The van der Waals surface area contributed by atoms with Gasteiger partial charge >= 0.3 is 0 Å². The molecule has 82 valence electrons. The molecule has 0 N–H and O–H groups in total. The van der Waals surface area contributed by atoms with Crippen LogP contribution in [0.2, 0.25) is 0 Å². The topological polar surface area (TPSA) is 9.23 Å². The third kappa shape index (κ3) is 2.86. The fourth-order valence-corrected chi connectivity index (χ4v) is 2.58. The van der Waals surface area contributed by atoms with Crippen molar-refractivity contribution in [3.05, 3.63) is 63.0 Å². The zero-order valence-electron chi connectivity index (χ0n) is 8.49. The van der Waals surface area contributed by atoms with E-state index in [-0.39, 0.29) is 0 Å². The Morgan fingerprint density at radius 3 is 2.06 bits per heavy atom. The standard InChI is InChI=1S/C13H10Br2O/c14-11-7-4-8-12(15)13(11)16-9-10-5-2-1-3-6-10/h1-8H,9H2. The van der Waals surface area contributed by atoms with Crippen LogP contribution in [0.1, 0.15) is 5.56 Å². The maximum atomic E-state index is 5.76. The predicted octanol–water partition coefficient (Wildman–Crippen LogP) is 4.79. The summed E-state index contributed by atoms with van der Waals surface area (Å²) in [4.78, 5) is 0. The number of benzene rings is 2. The van der Waals surface area contributed by atoms with E-state index in [0.29, 0.717) is 6.61 Å². The molecule has 0 aliphatic heterocycles. The van der Waals surface area contributed by atoms with Gasteiger partial charge in [0.1, 0.15) is 12.4 Å². The Hall–Kier alpha value is -0.800. The molecule has 0 saturated heterocycles. The molecular weight excluding hydrogens is 332 g/mol. The normalized spacial score (nSPS) is 10.1. The maximum absolute atomic E-state index is 5.76. The number of para-hydroxylation sites is 1. The van der Waals surface area contributed by atoms with E-state index in [2.05, 4.69) is 31.9 Å². The van der Waals surface area contributed by atoms with E-state index in [4.69, 9.17) is 4.74 Å². The molecule has 0 amide bonds. The van der Waals surface area contributed by atoms with Gasteiger partial charge < -0.3 is 4.74 Å². The summed E-state index contributed by atoms with van der Waals surface area (Å²) in [7, 11) is 0. The van der Waals surface area contributed by atoms with E-state index in [1.54, 1.807) is 0 Å². The van der Waals surface area contributed by atoms with Crippen LogP contribution < -0.4 is 4.74 Å². The van der Waals surface area contributed by atoms with Crippen molar-refractivity contribution in [2.45, 2.75) is 6.61 Å². The van der Waals surface area contributed by atoms with E-state index in [9.17, 15) is 0 Å². The molecule has 1 nitrogen and oxygen atoms in total. The summed E-state index contributed by atoms with van der Waals surface area (Å²) >= 11 is 6.93. The summed E-state index contributed by atoms with van der Waals surface area (Å²) < 4.78 is 7.67. The molecule has 0 aliphatic rings. The molecule has 2 aromatic rings. The summed E-state index contributed by atoms with van der Waals surface area (Å²) in [5.74, 6) is 0.839. The van der Waals surface area contributed by atoms with E-state index < -0.39 is 0 Å². The molecule has 3 heteroatoms. The number of rotatable bonds is 3. The number of hydrogen-bond acceptors (Lipinski definition) is 1. The average molecular weight is 342 g/mol. The number of halogens is 2. The van der Waals surface area contributed by atoms with Crippen LogP contribution in [0.25, 0.3) is 0 Å². The molecule has 0 atom stereocenters. The molecule has 0 radical (unpaired) electrons. The molecule has 2 aromatic carbocycles. The second kappa shape index (κ2) is 5.51. The van der Waals surface area contributed by atoms with Crippen LogP contribution in [-0.2, 0) is 6.61 Å². The van der Waals surface area contributed by atoms with Gasteiger partial charge in [0, 0.05) is 0 Å². The fraction of sp³-hybridized carbons (Fsp3) is 0.0769. The van der Waals surface area contributed by atoms with Crippen LogP contribution in [0.4, 0.5) is 0 Å². The molecule has 0 saturated carbocycles. The van der Waals surface area contributed by atoms with Gasteiger partial charge in [-0.3, -0.25) is 0 Å². The third-order valence-corrected chi connectivity index (χ3v) is 3.39. The fourth-order valence-electron chi connectivity index (χ4n) is 1.35. The molecule has 0 unspecified atom stereocenters. The molecule has 0 fully saturated rings. The average Bonchev–Trinajstić information content (AvgIpc) is 2.30. The van der Waals surface area contributed by atoms with Crippen LogP contribution in [0.15, 0.2) is 57.5 Å². The van der Waals surface area contributed by atoms with Crippen LogP contribution in [0.5, 0.6) is 5.75 Å². The Labute approximate surface area is 112 Å². The first-order valence-electron chi connectivity index (χ1n) is 4.88. The van der Waals surface area contributed by atoms with Crippen LogP contribution in [0.3, 0.4) is 0 Å². The second-order valence-electron chi connectivity index (χ2n) is 3.33. The van der Waals surface area contributed by atoms with Crippen molar-refractivity contribution < 1.29 is 4.74 Å². The molecule has 0 aromatic heterocycles. The highest BCUT2D eigenvalue weighted by atomic mass is 79.9. The SMILES string of the molecule is Brc1cccc(Br)c1OCc1ccccc1. The summed E-state index contributed by atoms with van der Waals surface area (Å²) in [5, 5.41) is 0. The Kier molecular flexibility index (Phi) is 4.02. The Balaban J connectivity index is 2.11. The first-order valence-corrected chi connectivity index (χ1v) is 6.47. The van der Waals surface area contributed by atoms with Crippen molar-refractivity contribution in [1.29, 1.82) is 0 Å². The highest BCUT2D eigenvalue weighted by Gasteiger charge is 2.05. The van der Waals surface area contributed by atoms with Crippen molar-refractivity contribution in [3.8, 4) is 5.75 Å². The second-order valence-corrected chi connectivity index (χ2v) is 5.03. The number of hydrogen-bond donors (Lipinski definition) is 0. The van der Waals surface area contributed by atoms with Crippen molar-refractivity contribution in [2.24, 2.45) is 0 Å². The Morgan fingerprint density at radius 2 is 1.44 bits per heavy atom. The monoisotopic (exact) mass is 340 g/mol. The van der Waals surface area contributed by atoms with Gasteiger partial charge in [0.15, 0.2) is 0 Å². The van der Waals surface area contributed by atoms with Crippen molar-refractivity contribution in [2.75, 3.05) is 0 Å². The zero-order chi connectivity index (χ0) is 11.4. The van der Waals surface area contributed by atoms with Gasteiger partial charge in [-0.1, -0.05) is 36.4 Å². The van der Waals surface area contributed by atoms with E-state index in [1.807, 2.05) is 48.5 Å². The summed E-state index contributed by atoms with van der Waals surface area (Å²) in [6, 6.07) is 16.0. The summed E-state index contributed by atoms with van der Waals surface area (Å²) in [6.07, 6.45) is 0. The lowest BCUT2D eigenvalue weighted by atomic mass is 10.2. The van der Waals surface area contributed by atoms with Crippen molar-refractivity contribution in [1.82, 2.24) is 0 Å². The first kappa shape index (κ1) is 11.7. The van der Waals surface area contributed by atoms with Gasteiger partial charge in [-0.2, -0.15) is 0 Å². The lowest BCUT2D eigenvalue weighted by Crippen LogP contribution is -1.96. The number of ether oxygens (including phenoxy) is 1. The van der Waals surface area contributed by atoms with Crippen molar-refractivity contribution >= 4 is 31.9 Å². The molecule has 0 aliphatic carbocycles. The molecule has 0 heterocycles. The highest BCUT2D eigenvalue weighted by molar-refractivity contribution is 9.11. The molecular formula is C13H10Br2O.